The molecule has 0 aromatic heterocycles. The van der Waals surface area contributed by atoms with Gasteiger partial charge in [-0.1, -0.05) is 32.9 Å². The van der Waals surface area contributed by atoms with E-state index in [1.165, 1.54) is 30.7 Å². The first kappa shape index (κ1) is 29.3. The van der Waals surface area contributed by atoms with Gasteiger partial charge in [0, 0.05) is 24.2 Å². The summed E-state index contributed by atoms with van der Waals surface area (Å²) in [5.41, 5.74) is 0.635. The molecule has 3 aliphatic carbocycles. The van der Waals surface area contributed by atoms with Crippen LogP contribution in [0.4, 0.5) is 15.8 Å². The maximum atomic E-state index is 14.5. The standard InChI is InChI=1S/C31H35FN4O6S2/c1-14-20-12-21-15(2)25(21)26(24(14)20)28-16(3)29(37)27(31(38)36(28)13-17-5-7-18(32)8-6-17)30-33-22-10-9-19(34-43(4,39)40)11-23(22)44(41,42)35-30/h5-11,14-16,20-21,24-26,28,34,37H,12-13H2,1-4H3,(H,33,35)/t14?,15?,16-,20?,21?,24?,25?,26?,28-/m1/s1. The first-order valence-corrected chi connectivity index (χ1v) is 18.2. The number of halogens is 1. The third kappa shape index (κ3) is 4.70. The van der Waals surface area contributed by atoms with Crippen LogP contribution in [-0.2, 0) is 31.4 Å². The highest BCUT2D eigenvalue weighted by Crippen LogP contribution is 2.72. The van der Waals surface area contributed by atoms with Crippen LogP contribution in [0.2, 0.25) is 0 Å². The van der Waals surface area contributed by atoms with Crippen molar-refractivity contribution in [3.05, 3.63) is 65.2 Å². The molecule has 3 N–H and O–H groups in total. The SMILES string of the molecule is CC1C2CC3C(C)C3C([C@H]3[C@@H](C)C(O)=C(C4=NS(=O)(=O)c5cc(NS(C)(=O)=O)ccc5N4)C(=O)N3Cc3ccc(F)cc3)C12. The molecule has 0 spiro atoms. The fourth-order valence-corrected chi connectivity index (χ4v) is 10.2. The van der Waals surface area contributed by atoms with E-state index < -0.39 is 37.7 Å². The number of nitrogens with one attached hydrogen (secondary N) is 2. The van der Waals surface area contributed by atoms with Gasteiger partial charge >= 0.3 is 0 Å². The summed E-state index contributed by atoms with van der Waals surface area (Å²) in [7, 11) is -8.04. The lowest BCUT2D eigenvalue weighted by Gasteiger charge is -2.46. The third-order valence-corrected chi connectivity index (χ3v) is 12.6. The number of carbonyl (C=O) groups excluding carboxylic acids is 1. The van der Waals surface area contributed by atoms with Gasteiger partial charge in [-0.05, 0) is 83.7 Å². The quantitative estimate of drug-likeness (QED) is 0.425. The van der Waals surface area contributed by atoms with Gasteiger partial charge in [-0.15, -0.1) is 4.40 Å². The van der Waals surface area contributed by atoms with Crippen LogP contribution in [0.3, 0.4) is 0 Å². The molecule has 5 aliphatic rings. The number of amidine groups is 1. The van der Waals surface area contributed by atoms with Gasteiger partial charge in [-0.3, -0.25) is 9.52 Å². The van der Waals surface area contributed by atoms with Crippen molar-refractivity contribution < 1.29 is 31.1 Å². The second kappa shape index (κ2) is 9.77. The number of aliphatic hydroxyl groups is 1. The van der Waals surface area contributed by atoms with Crippen molar-refractivity contribution in [3.8, 4) is 0 Å². The van der Waals surface area contributed by atoms with E-state index in [4.69, 9.17) is 0 Å². The summed E-state index contributed by atoms with van der Waals surface area (Å²) in [4.78, 5) is 16.0. The first-order chi connectivity index (χ1) is 20.7. The third-order valence-electron chi connectivity index (χ3n) is 10.7. The van der Waals surface area contributed by atoms with Crippen LogP contribution in [0.15, 0.2) is 63.1 Å². The number of carbonyl (C=O) groups is 1. The Balaban J connectivity index is 1.30. The lowest BCUT2D eigenvalue weighted by atomic mass is 9.74. The average molecular weight is 643 g/mol. The molecular weight excluding hydrogens is 607 g/mol. The van der Waals surface area contributed by atoms with E-state index in [-0.39, 0.29) is 51.9 Å². The minimum atomic E-state index is -4.38. The molecule has 13 heteroatoms. The molecule has 3 fully saturated rings. The van der Waals surface area contributed by atoms with Gasteiger partial charge in [0.2, 0.25) is 10.0 Å². The topological polar surface area (TPSA) is 145 Å². The van der Waals surface area contributed by atoms with Gasteiger partial charge in [0.1, 0.15) is 22.0 Å². The molecule has 6 unspecified atom stereocenters. The molecular formula is C31H35FN4O6S2. The zero-order valence-corrected chi connectivity index (χ0v) is 26.4. The number of sulfonamides is 2. The summed E-state index contributed by atoms with van der Waals surface area (Å²) in [5.74, 6) is 1.38. The highest BCUT2D eigenvalue weighted by Gasteiger charge is 2.69. The van der Waals surface area contributed by atoms with Crippen molar-refractivity contribution in [1.82, 2.24) is 4.90 Å². The zero-order chi connectivity index (χ0) is 31.5. The van der Waals surface area contributed by atoms with Crippen molar-refractivity contribution in [3.63, 3.8) is 0 Å². The summed E-state index contributed by atoms with van der Waals surface area (Å²) in [6.07, 6.45) is 2.15. The smallest absolute Gasteiger partial charge is 0.286 e. The second-order valence-electron chi connectivity index (χ2n) is 13.2. The summed E-state index contributed by atoms with van der Waals surface area (Å²) in [6.45, 7) is 6.56. The van der Waals surface area contributed by atoms with Crippen molar-refractivity contribution in [2.45, 2.75) is 44.7 Å². The zero-order valence-electron chi connectivity index (χ0n) is 24.7. The lowest BCUT2D eigenvalue weighted by Crippen LogP contribution is -2.55. The second-order valence-corrected chi connectivity index (χ2v) is 16.6. The van der Waals surface area contributed by atoms with Crippen LogP contribution in [0.5, 0.6) is 0 Å². The predicted octanol–water partition coefficient (Wildman–Crippen LogP) is 4.35. The molecule has 10 nitrogen and oxygen atoms in total. The number of benzene rings is 2. The summed E-state index contributed by atoms with van der Waals surface area (Å²) >= 11 is 0. The van der Waals surface area contributed by atoms with Gasteiger partial charge in [0.05, 0.1) is 11.9 Å². The molecule has 2 heterocycles. The number of fused-ring (bicyclic) bond motifs is 3. The van der Waals surface area contributed by atoms with Crippen LogP contribution in [0.25, 0.3) is 0 Å². The minimum Gasteiger partial charge on any atom is -0.511 e. The number of rotatable bonds is 6. The Labute approximate surface area is 256 Å². The van der Waals surface area contributed by atoms with Crippen LogP contribution in [0, 0.1) is 53.2 Å². The van der Waals surface area contributed by atoms with Gasteiger partial charge in [-0.25, -0.2) is 12.8 Å². The van der Waals surface area contributed by atoms with Crippen LogP contribution in [-0.4, -0.2) is 50.9 Å². The van der Waals surface area contributed by atoms with E-state index in [1.807, 2.05) is 6.92 Å². The van der Waals surface area contributed by atoms with Gasteiger partial charge < -0.3 is 15.3 Å². The maximum absolute atomic E-state index is 14.5. The van der Waals surface area contributed by atoms with Crippen molar-refractivity contribution in [2.75, 3.05) is 16.3 Å². The van der Waals surface area contributed by atoms with Crippen LogP contribution < -0.4 is 10.0 Å². The summed E-state index contributed by atoms with van der Waals surface area (Å²) in [5, 5.41) is 14.6. The molecule has 2 aromatic rings. The van der Waals surface area contributed by atoms with Gasteiger partial charge in [0.15, 0.2) is 5.84 Å². The first-order valence-electron chi connectivity index (χ1n) is 14.9. The molecule has 3 saturated carbocycles. The number of aliphatic hydroxyl groups excluding tert-OH is 1. The monoisotopic (exact) mass is 642 g/mol. The Morgan fingerprint density at radius 2 is 1.68 bits per heavy atom. The number of hydrogen-bond acceptors (Lipinski definition) is 7. The summed E-state index contributed by atoms with van der Waals surface area (Å²) < 4.78 is 70.0. The number of hydrogen-bond donors (Lipinski definition) is 3. The number of nitrogens with zero attached hydrogens (tertiary/aromatic N) is 2. The van der Waals surface area contributed by atoms with Crippen LogP contribution >= 0.6 is 0 Å². The van der Waals surface area contributed by atoms with Crippen molar-refractivity contribution in [1.29, 1.82) is 0 Å². The molecule has 7 rings (SSSR count). The molecule has 2 aromatic carbocycles. The van der Waals surface area contributed by atoms with Gasteiger partial charge in [-0.2, -0.15) is 8.42 Å². The Bertz CT molecular complexity index is 1840. The molecule has 8 atom stereocenters. The van der Waals surface area contributed by atoms with E-state index in [0.717, 1.165) is 17.9 Å². The molecule has 44 heavy (non-hydrogen) atoms. The van der Waals surface area contributed by atoms with E-state index in [2.05, 4.69) is 28.3 Å². The minimum absolute atomic E-state index is 0.0423. The molecule has 0 radical (unpaired) electrons. The van der Waals surface area contributed by atoms with E-state index >= 15 is 0 Å². The van der Waals surface area contributed by atoms with Gasteiger partial charge in [0.25, 0.3) is 15.9 Å². The highest BCUT2D eigenvalue weighted by molar-refractivity contribution is 7.92. The van der Waals surface area contributed by atoms with E-state index in [0.29, 0.717) is 35.5 Å². The number of amides is 1. The predicted molar refractivity (Wildman–Crippen MR) is 163 cm³/mol. The molecule has 0 bridgehead atoms. The largest absolute Gasteiger partial charge is 0.511 e. The fourth-order valence-electron chi connectivity index (χ4n) is 8.52. The average Bonchev–Trinajstić information content (AvgIpc) is 3.81. The normalized spacial score (nSPS) is 35.1. The molecule has 234 valence electrons. The van der Waals surface area contributed by atoms with Crippen LogP contribution in [0.1, 0.15) is 32.8 Å². The highest BCUT2D eigenvalue weighted by atomic mass is 32.2. The Morgan fingerprint density at radius 1 is 1.05 bits per heavy atom. The Hall–Kier alpha value is -3.45. The van der Waals surface area contributed by atoms with Crippen molar-refractivity contribution in [2.24, 2.45) is 51.7 Å². The number of anilines is 2. The fraction of sp³-hybridized carbons (Fsp3) is 0.484. The molecule has 0 saturated heterocycles. The maximum Gasteiger partial charge on any atom is 0.286 e. The summed E-state index contributed by atoms with van der Waals surface area (Å²) in [6, 6.07) is 9.55. The lowest BCUT2D eigenvalue weighted by molar-refractivity contribution is -0.135. The van der Waals surface area contributed by atoms with Crippen molar-refractivity contribution >= 4 is 43.2 Å². The Morgan fingerprint density at radius 3 is 2.30 bits per heavy atom. The molecule has 1 amide bonds. The molecule has 2 aliphatic heterocycles. The van der Waals surface area contributed by atoms with E-state index in [9.17, 15) is 31.1 Å². The van der Waals surface area contributed by atoms with E-state index in [1.54, 1.807) is 17.0 Å². The Kier molecular flexibility index (Phi) is 6.50.